The van der Waals surface area contributed by atoms with E-state index in [1.54, 1.807) is 32.0 Å². The van der Waals surface area contributed by atoms with E-state index in [4.69, 9.17) is 21.4 Å². The molecule has 0 spiro atoms. The van der Waals surface area contributed by atoms with Crippen LogP contribution >= 0.6 is 23.4 Å². The van der Waals surface area contributed by atoms with E-state index in [1.807, 2.05) is 0 Å². The standard InChI is InChI=1S/C21H23ClF3NO5S2/c1-3-8-26(33(29,30)19-7-4-15(12-17(19)22)21(23,24)25)9-10-32-16-5-6-18(14(2)11-16)31-13-20(27)28/h4-7,11-12H,3,8-10,13H2,1-2H3,(H,27,28). The topological polar surface area (TPSA) is 83.9 Å². The van der Waals surface area contributed by atoms with Crippen molar-refractivity contribution < 1.29 is 36.2 Å². The number of hydrogen-bond donors (Lipinski definition) is 1. The Morgan fingerprint density at radius 2 is 1.88 bits per heavy atom. The molecular formula is C21H23ClF3NO5S2. The van der Waals surface area contributed by atoms with Gasteiger partial charge in [0, 0.05) is 23.7 Å². The molecular weight excluding hydrogens is 503 g/mol. The highest BCUT2D eigenvalue weighted by Gasteiger charge is 2.33. The molecule has 2 aromatic carbocycles. The minimum atomic E-state index is -4.63. The molecule has 0 aromatic heterocycles. The first-order valence-electron chi connectivity index (χ1n) is 9.81. The molecule has 0 heterocycles. The van der Waals surface area contributed by atoms with E-state index in [2.05, 4.69) is 0 Å². The Morgan fingerprint density at radius 1 is 1.18 bits per heavy atom. The second-order valence-electron chi connectivity index (χ2n) is 7.01. The SMILES string of the molecule is CCCN(CCSc1ccc(OCC(=O)O)c(C)c1)S(=O)(=O)c1ccc(C(F)(F)F)cc1Cl. The fourth-order valence-corrected chi connectivity index (χ4v) is 6.04. The van der Waals surface area contributed by atoms with Gasteiger partial charge in [0.1, 0.15) is 10.6 Å². The van der Waals surface area contributed by atoms with Gasteiger partial charge in [-0.2, -0.15) is 17.5 Å². The van der Waals surface area contributed by atoms with Gasteiger partial charge in [0.15, 0.2) is 6.61 Å². The first kappa shape index (κ1) is 27.3. The van der Waals surface area contributed by atoms with E-state index in [-0.39, 0.29) is 18.0 Å². The number of benzene rings is 2. The van der Waals surface area contributed by atoms with E-state index in [9.17, 15) is 26.4 Å². The second kappa shape index (κ2) is 11.5. The lowest BCUT2D eigenvalue weighted by Gasteiger charge is -2.22. The van der Waals surface area contributed by atoms with E-state index in [1.165, 1.54) is 16.1 Å². The molecule has 0 aliphatic rings. The minimum Gasteiger partial charge on any atom is -0.482 e. The summed E-state index contributed by atoms with van der Waals surface area (Å²) >= 11 is 7.30. The highest BCUT2D eigenvalue weighted by molar-refractivity contribution is 7.99. The molecule has 0 aliphatic heterocycles. The summed E-state index contributed by atoms with van der Waals surface area (Å²) in [5.41, 5.74) is -0.286. The first-order valence-corrected chi connectivity index (χ1v) is 12.6. The molecule has 0 fully saturated rings. The number of carboxylic acid groups (broad SMARTS) is 1. The quantitative estimate of drug-likeness (QED) is 0.400. The van der Waals surface area contributed by atoms with E-state index < -0.39 is 39.4 Å². The molecule has 0 bridgehead atoms. The number of thioether (sulfide) groups is 1. The molecule has 2 rings (SSSR count). The number of nitrogens with zero attached hydrogens (tertiary/aromatic N) is 1. The molecule has 0 unspecified atom stereocenters. The average molecular weight is 526 g/mol. The van der Waals surface area contributed by atoms with Gasteiger partial charge in [-0.05, 0) is 55.3 Å². The lowest BCUT2D eigenvalue weighted by atomic mass is 10.2. The third kappa shape index (κ3) is 7.53. The maximum atomic E-state index is 13.1. The summed E-state index contributed by atoms with van der Waals surface area (Å²) in [6.07, 6.45) is -4.12. The predicted molar refractivity (Wildman–Crippen MR) is 121 cm³/mol. The van der Waals surface area contributed by atoms with Crippen molar-refractivity contribution >= 4 is 39.4 Å². The van der Waals surface area contributed by atoms with Crippen LogP contribution in [0.25, 0.3) is 0 Å². The Bertz CT molecular complexity index is 1090. The van der Waals surface area contributed by atoms with Crippen molar-refractivity contribution in [1.82, 2.24) is 4.31 Å². The third-order valence-electron chi connectivity index (χ3n) is 4.46. The van der Waals surface area contributed by atoms with Crippen LogP contribution in [0.4, 0.5) is 13.2 Å². The van der Waals surface area contributed by atoms with Crippen LogP contribution in [-0.4, -0.2) is 49.2 Å². The molecule has 0 radical (unpaired) electrons. The van der Waals surface area contributed by atoms with Crippen LogP contribution in [-0.2, 0) is 21.0 Å². The lowest BCUT2D eigenvalue weighted by molar-refractivity contribution is -0.139. The van der Waals surface area contributed by atoms with Crippen molar-refractivity contribution in [2.75, 3.05) is 25.4 Å². The van der Waals surface area contributed by atoms with Gasteiger partial charge in [-0.15, -0.1) is 11.8 Å². The number of carbonyl (C=O) groups is 1. The fourth-order valence-electron chi connectivity index (χ4n) is 2.91. The number of aliphatic carboxylic acids is 1. The molecule has 0 amide bonds. The van der Waals surface area contributed by atoms with Gasteiger partial charge in [0.25, 0.3) is 0 Å². The fraction of sp³-hybridized carbons (Fsp3) is 0.381. The van der Waals surface area contributed by atoms with Gasteiger partial charge in [-0.3, -0.25) is 0 Å². The summed E-state index contributed by atoms with van der Waals surface area (Å²) in [5.74, 6) is -0.265. The summed E-state index contributed by atoms with van der Waals surface area (Å²) in [4.78, 5) is 11.1. The van der Waals surface area contributed by atoms with Crippen LogP contribution < -0.4 is 4.74 Å². The minimum absolute atomic E-state index is 0.120. The van der Waals surface area contributed by atoms with Crippen LogP contribution in [0.15, 0.2) is 46.2 Å². The molecule has 0 saturated carbocycles. The predicted octanol–water partition coefficient (Wildman–Crippen LogP) is 5.32. The smallest absolute Gasteiger partial charge is 0.416 e. The van der Waals surface area contributed by atoms with E-state index in [0.717, 1.165) is 16.5 Å². The van der Waals surface area contributed by atoms with E-state index in [0.29, 0.717) is 30.1 Å². The number of aryl methyl sites for hydroxylation is 1. The number of hydrogen-bond acceptors (Lipinski definition) is 5. The van der Waals surface area contributed by atoms with Crippen molar-refractivity contribution in [2.24, 2.45) is 0 Å². The summed E-state index contributed by atoms with van der Waals surface area (Å²) in [6.45, 7) is 3.41. The van der Waals surface area contributed by atoms with Crippen molar-refractivity contribution in [2.45, 2.75) is 36.2 Å². The van der Waals surface area contributed by atoms with Gasteiger partial charge in [0.2, 0.25) is 10.0 Å². The van der Waals surface area contributed by atoms with Crippen LogP contribution in [0, 0.1) is 6.92 Å². The van der Waals surface area contributed by atoms with Crippen LogP contribution in [0.2, 0.25) is 5.02 Å². The van der Waals surface area contributed by atoms with Crippen molar-refractivity contribution in [3.05, 3.63) is 52.5 Å². The Hall–Kier alpha value is -1.95. The van der Waals surface area contributed by atoms with Gasteiger partial charge in [0.05, 0.1) is 10.6 Å². The van der Waals surface area contributed by atoms with E-state index >= 15 is 0 Å². The van der Waals surface area contributed by atoms with Gasteiger partial charge >= 0.3 is 12.1 Å². The zero-order valence-corrected chi connectivity index (χ0v) is 20.2. The Kier molecular flexibility index (Phi) is 9.48. The highest BCUT2D eigenvalue weighted by Crippen LogP contribution is 2.34. The molecule has 0 saturated heterocycles. The molecule has 0 atom stereocenters. The Balaban J connectivity index is 2.11. The summed E-state index contributed by atoms with van der Waals surface area (Å²) < 4.78 is 71.1. The first-order chi connectivity index (χ1) is 15.4. The Labute approximate surface area is 199 Å². The molecule has 12 heteroatoms. The lowest BCUT2D eigenvalue weighted by Crippen LogP contribution is -2.34. The maximum absolute atomic E-state index is 13.1. The number of sulfonamides is 1. The van der Waals surface area contributed by atoms with Crippen LogP contribution in [0.3, 0.4) is 0 Å². The second-order valence-corrected chi connectivity index (χ2v) is 10.5. The van der Waals surface area contributed by atoms with Crippen molar-refractivity contribution in [3.8, 4) is 5.75 Å². The molecule has 182 valence electrons. The van der Waals surface area contributed by atoms with Crippen molar-refractivity contribution in [3.63, 3.8) is 0 Å². The zero-order valence-electron chi connectivity index (χ0n) is 17.9. The molecule has 33 heavy (non-hydrogen) atoms. The van der Waals surface area contributed by atoms with Gasteiger partial charge in [-0.25, -0.2) is 13.2 Å². The van der Waals surface area contributed by atoms with Crippen LogP contribution in [0.5, 0.6) is 5.75 Å². The number of rotatable bonds is 11. The maximum Gasteiger partial charge on any atom is 0.416 e. The monoisotopic (exact) mass is 525 g/mol. The van der Waals surface area contributed by atoms with Crippen LogP contribution in [0.1, 0.15) is 24.5 Å². The molecule has 1 N–H and O–H groups in total. The third-order valence-corrected chi connectivity index (χ3v) is 7.81. The average Bonchev–Trinajstić information content (AvgIpc) is 2.71. The molecule has 6 nitrogen and oxygen atoms in total. The number of ether oxygens (including phenoxy) is 1. The van der Waals surface area contributed by atoms with Gasteiger partial charge < -0.3 is 9.84 Å². The summed E-state index contributed by atoms with van der Waals surface area (Å²) in [5, 5.41) is 8.22. The number of alkyl halides is 3. The van der Waals surface area contributed by atoms with Crippen molar-refractivity contribution in [1.29, 1.82) is 0 Å². The summed E-state index contributed by atoms with van der Waals surface area (Å²) in [7, 11) is -4.10. The zero-order chi connectivity index (χ0) is 24.8. The Morgan fingerprint density at radius 3 is 2.42 bits per heavy atom. The molecule has 0 aliphatic carbocycles. The normalized spacial score (nSPS) is 12.2. The van der Waals surface area contributed by atoms with Gasteiger partial charge in [-0.1, -0.05) is 18.5 Å². The number of carboxylic acids is 1. The highest BCUT2D eigenvalue weighted by atomic mass is 35.5. The summed E-state index contributed by atoms with van der Waals surface area (Å²) in [6, 6.07) is 7.38. The largest absolute Gasteiger partial charge is 0.482 e. The number of halogens is 4. The molecule has 2 aromatic rings.